The van der Waals surface area contributed by atoms with Crippen LogP contribution < -0.4 is 0 Å². The Morgan fingerprint density at radius 1 is 1.21 bits per heavy atom. The summed E-state index contributed by atoms with van der Waals surface area (Å²) in [6.45, 7) is 3.40. The van der Waals surface area contributed by atoms with E-state index in [2.05, 4.69) is 34.1 Å². The third kappa shape index (κ3) is 3.21. The number of hydrogen-bond donors (Lipinski definition) is 1. The zero-order valence-corrected chi connectivity index (χ0v) is 16.5. The number of rotatable bonds is 4. The van der Waals surface area contributed by atoms with Crippen molar-refractivity contribution in [2.75, 3.05) is 26.2 Å². The number of aliphatic hydroxyl groups is 1. The summed E-state index contributed by atoms with van der Waals surface area (Å²) in [4.78, 5) is 21.3. The van der Waals surface area contributed by atoms with Crippen LogP contribution in [0, 0.1) is 0 Å². The second kappa shape index (κ2) is 6.83. The Kier molecular flexibility index (Phi) is 4.42. The molecule has 1 atom stereocenters. The Morgan fingerprint density at radius 2 is 2.00 bits per heavy atom. The number of halogens is 1. The number of pyridine rings is 1. The third-order valence-corrected chi connectivity index (χ3v) is 6.62. The van der Waals surface area contributed by atoms with Gasteiger partial charge in [0.25, 0.3) is 5.91 Å². The average molecular weight is 398 g/mol. The fourth-order valence-electron chi connectivity index (χ4n) is 4.77. The summed E-state index contributed by atoms with van der Waals surface area (Å²) in [5, 5.41) is 11.1. The molecule has 0 bridgehead atoms. The fourth-order valence-corrected chi connectivity index (χ4v) is 4.93. The number of carbonyl (C=O) groups is 1. The molecular weight excluding hydrogens is 374 g/mol. The number of aromatic nitrogens is 1. The lowest BCUT2D eigenvalue weighted by molar-refractivity contribution is 0.0459. The van der Waals surface area contributed by atoms with Crippen LogP contribution >= 0.6 is 11.6 Å². The van der Waals surface area contributed by atoms with Crippen molar-refractivity contribution < 1.29 is 9.90 Å². The van der Waals surface area contributed by atoms with Crippen molar-refractivity contribution in [3.8, 4) is 0 Å². The van der Waals surface area contributed by atoms with Gasteiger partial charge in [0, 0.05) is 49.9 Å². The van der Waals surface area contributed by atoms with E-state index >= 15 is 0 Å². The molecule has 6 heteroatoms. The first-order valence-electron chi connectivity index (χ1n) is 9.97. The molecule has 1 unspecified atom stereocenters. The summed E-state index contributed by atoms with van der Waals surface area (Å²) >= 11 is 6.04. The Hall–Kier alpha value is -1.95. The van der Waals surface area contributed by atoms with Gasteiger partial charge < -0.3 is 10.0 Å². The minimum atomic E-state index is -0.566. The topological polar surface area (TPSA) is 56.7 Å². The quantitative estimate of drug-likeness (QED) is 0.806. The molecule has 1 aliphatic carbocycles. The predicted molar refractivity (Wildman–Crippen MR) is 107 cm³/mol. The van der Waals surface area contributed by atoms with Gasteiger partial charge in [-0.25, -0.2) is 4.98 Å². The van der Waals surface area contributed by atoms with Crippen molar-refractivity contribution in [1.29, 1.82) is 0 Å². The van der Waals surface area contributed by atoms with E-state index in [9.17, 15) is 9.90 Å². The largest absolute Gasteiger partial charge is 0.390 e. The molecule has 1 spiro atoms. The van der Waals surface area contributed by atoms with Crippen molar-refractivity contribution in [3.05, 3.63) is 63.9 Å². The molecule has 2 aromatic rings. The van der Waals surface area contributed by atoms with Gasteiger partial charge in [-0.2, -0.15) is 0 Å². The summed E-state index contributed by atoms with van der Waals surface area (Å²) in [7, 11) is 0. The van der Waals surface area contributed by atoms with Crippen molar-refractivity contribution in [1.82, 2.24) is 14.8 Å². The molecule has 1 fully saturated rings. The van der Waals surface area contributed by atoms with E-state index in [0.717, 1.165) is 37.9 Å². The summed E-state index contributed by atoms with van der Waals surface area (Å²) in [5.41, 5.74) is 4.44. The number of benzene rings is 1. The number of hydrogen-bond acceptors (Lipinski definition) is 4. The van der Waals surface area contributed by atoms with Crippen LogP contribution in [-0.4, -0.2) is 58.1 Å². The Labute approximate surface area is 169 Å². The second-order valence-electron chi connectivity index (χ2n) is 8.43. The Morgan fingerprint density at radius 3 is 2.79 bits per heavy atom. The van der Waals surface area contributed by atoms with Crippen LogP contribution in [0.5, 0.6) is 0 Å². The van der Waals surface area contributed by atoms with Gasteiger partial charge in [-0.15, -0.1) is 0 Å². The van der Waals surface area contributed by atoms with E-state index in [4.69, 9.17) is 11.6 Å². The van der Waals surface area contributed by atoms with Crippen molar-refractivity contribution in [2.24, 2.45) is 0 Å². The average Bonchev–Trinajstić information content (AvgIpc) is 3.46. The van der Waals surface area contributed by atoms with Crippen molar-refractivity contribution in [3.63, 3.8) is 0 Å². The monoisotopic (exact) mass is 397 g/mol. The maximum atomic E-state index is 13.0. The summed E-state index contributed by atoms with van der Waals surface area (Å²) in [6.07, 6.45) is 4.33. The normalized spacial score (nSPS) is 21.4. The van der Waals surface area contributed by atoms with Gasteiger partial charge in [-0.05, 0) is 42.0 Å². The Bertz CT molecular complexity index is 928. The first-order chi connectivity index (χ1) is 13.5. The molecule has 1 saturated carbocycles. The number of β-amino-alcohol motifs (C(OH)–C–C–N with tert-alkyl or cyclic N) is 1. The standard InChI is InChI=1S/C22H24ClN3O2/c23-20-9-18-19(10-24-20)22(6-7-22)14-26(21(18)28)13-17(27)12-25-8-5-15-3-1-2-4-16(15)11-25/h1-4,9-10,17,27H,5-8,11-14H2. The molecule has 0 saturated heterocycles. The van der Waals surface area contributed by atoms with E-state index in [0.29, 0.717) is 30.4 Å². The van der Waals surface area contributed by atoms with Crippen LogP contribution in [0.1, 0.15) is 39.9 Å². The molecule has 1 amide bonds. The number of amides is 1. The smallest absolute Gasteiger partial charge is 0.254 e. The van der Waals surface area contributed by atoms with E-state index in [1.54, 1.807) is 12.3 Å². The van der Waals surface area contributed by atoms with Crippen LogP contribution in [0.4, 0.5) is 0 Å². The van der Waals surface area contributed by atoms with Crippen molar-refractivity contribution in [2.45, 2.75) is 37.3 Å². The number of fused-ring (bicyclic) bond motifs is 3. The van der Waals surface area contributed by atoms with Gasteiger partial charge in [0.05, 0.1) is 6.10 Å². The van der Waals surface area contributed by atoms with Crippen LogP contribution in [0.15, 0.2) is 36.5 Å². The van der Waals surface area contributed by atoms with E-state index in [-0.39, 0.29) is 11.3 Å². The van der Waals surface area contributed by atoms with E-state index < -0.39 is 6.10 Å². The SMILES string of the molecule is O=C1c2cc(Cl)ncc2C2(CC2)CN1CC(O)CN1CCc2ccccc2C1. The minimum absolute atomic E-state index is 0.0185. The lowest BCUT2D eigenvalue weighted by Gasteiger charge is -2.37. The molecule has 146 valence electrons. The van der Waals surface area contributed by atoms with Gasteiger partial charge in [-0.1, -0.05) is 35.9 Å². The highest BCUT2D eigenvalue weighted by Gasteiger charge is 2.51. The van der Waals surface area contributed by atoms with Crippen LogP contribution in [0.2, 0.25) is 5.15 Å². The first kappa shape index (κ1) is 18.1. The van der Waals surface area contributed by atoms with Crippen molar-refractivity contribution >= 4 is 17.5 Å². The minimum Gasteiger partial charge on any atom is -0.390 e. The van der Waals surface area contributed by atoms with Crippen LogP contribution in [-0.2, 0) is 18.4 Å². The molecule has 28 heavy (non-hydrogen) atoms. The van der Waals surface area contributed by atoms with Gasteiger partial charge in [0.1, 0.15) is 5.15 Å². The molecule has 1 N–H and O–H groups in total. The third-order valence-electron chi connectivity index (χ3n) is 6.42. The molecule has 3 aliphatic rings. The van der Waals surface area contributed by atoms with Gasteiger partial charge in [-0.3, -0.25) is 9.69 Å². The maximum Gasteiger partial charge on any atom is 0.254 e. The molecule has 0 radical (unpaired) electrons. The lowest BCUT2D eigenvalue weighted by Crippen LogP contribution is -2.49. The molecule has 2 aliphatic heterocycles. The van der Waals surface area contributed by atoms with Crippen LogP contribution in [0.3, 0.4) is 0 Å². The van der Waals surface area contributed by atoms with E-state index in [1.807, 2.05) is 4.90 Å². The molecule has 3 heterocycles. The predicted octanol–water partition coefficient (Wildman–Crippen LogP) is 2.64. The highest BCUT2D eigenvalue weighted by Crippen LogP contribution is 2.52. The second-order valence-corrected chi connectivity index (χ2v) is 8.81. The highest BCUT2D eigenvalue weighted by atomic mass is 35.5. The number of aliphatic hydroxyl groups excluding tert-OH is 1. The molecule has 1 aromatic heterocycles. The summed E-state index contributed by atoms with van der Waals surface area (Å²) in [6, 6.07) is 10.2. The highest BCUT2D eigenvalue weighted by molar-refractivity contribution is 6.29. The summed E-state index contributed by atoms with van der Waals surface area (Å²) < 4.78 is 0. The zero-order chi connectivity index (χ0) is 19.3. The molecular formula is C22H24ClN3O2. The maximum absolute atomic E-state index is 13.0. The summed E-state index contributed by atoms with van der Waals surface area (Å²) in [5.74, 6) is -0.0418. The number of carbonyl (C=O) groups excluding carboxylic acids is 1. The molecule has 5 rings (SSSR count). The fraction of sp³-hybridized carbons (Fsp3) is 0.455. The molecule has 5 nitrogen and oxygen atoms in total. The Balaban J connectivity index is 1.27. The van der Waals surface area contributed by atoms with Gasteiger partial charge >= 0.3 is 0 Å². The molecule has 1 aromatic carbocycles. The van der Waals surface area contributed by atoms with Crippen LogP contribution in [0.25, 0.3) is 0 Å². The van der Waals surface area contributed by atoms with Gasteiger partial charge in [0.15, 0.2) is 0 Å². The zero-order valence-electron chi connectivity index (χ0n) is 15.8. The number of nitrogens with zero attached hydrogens (tertiary/aromatic N) is 3. The lowest BCUT2D eigenvalue weighted by atomic mass is 9.88. The first-order valence-corrected chi connectivity index (χ1v) is 10.3. The van der Waals surface area contributed by atoms with Gasteiger partial charge in [0.2, 0.25) is 0 Å². The van der Waals surface area contributed by atoms with E-state index in [1.165, 1.54) is 11.1 Å².